The summed E-state index contributed by atoms with van der Waals surface area (Å²) in [4.78, 5) is 8.97. The molecule has 0 aromatic heterocycles. The van der Waals surface area contributed by atoms with Crippen molar-refractivity contribution in [1.82, 2.24) is 19.8 Å². The minimum absolute atomic E-state index is 0.0332. The highest BCUT2D eigenvalue weighted by Crippen LogP contribution is 2.44. The molecule has 6 nitrogen and oxygen atoms in total. The summed E-state index contributed by atoms with van der Waals surface area (Å²) in [6, 6.07) is 26.8. The van der Waals surface area contributed by atoms with Gasteiger partial charge in [0.15, 0.2) is 0 Å². The van der Waals surface area contributed by atoms with Crippen LogP contribution in [0.2, 0.25) is 5.02 Å². The van der Waals surface area contributed by atoms with E-state index >= 15 is 0 Å². The Morgan fingerprint density at radius 3 is 2.34 bits per heavy atom. The second kappa shape index (κ2) is 21.9. The molecule has 0 spiro atoms. The monoisotopic (exact) mass is 911 g/mol. The number of thioether (sulfide) groups is 2. The molecule has 7 rings (SSSR count). The molecule has 13 heteroatoms. The number of halogens is 4. The average Bonchev–Trinajstić information content (AvgIpc) is 3.25. The van der Waals surface area contributed by atoms with Crippen molar-refractivity contribution in [2.75, 3.05) is 76.2 Å². The van der Waals surface area contributed by atoms with Crippen LogP contribution in [0, 0.1) is 5.41 Å². The largest absolute Gasteiger partial charge is 0.446 e. The number of piperazine rings is 1. The predicted octanol–water partition coefficient (Wildman–Crippen LogP) is 11.5. The Balaban J connectivity index is 0.917. The van der Waals surface area contributed by atoms with E-state index < -0.39 is 5.51 Å². The van der Waals surface area contributed by atoms with E-state index in [9.17, 15) is 13.2 Å². The molecule has 3 unspecified atom stereocenters. The van der Waals surface area contributed by atoms with E-state index in [1.54, 1.807) is 17.3 Å². The minimum Gasteiger partial charge on any atom is -0.379 e. The Morgan fingerprint density at radius 2 is 1.64 bits per heavy atom. The quantitative estimate of drug-likeness (QED) is 0.102. The lowest BCUT2D eigenvalue weighted by Crippen LogP contribution is -2.47. The van der Waals surface area contributed by atoms with Gasteiger partial charge in [0.2, 0.25) is 0 Å². The van der Waals surface area contributed by atoms with Crippen LogP contribution in [-0.4, -0.2) is 104 Å². The van der Waals surface area contributed by atoms with Crippen molar-refractivity contribution in [3.05, 3.63) is 118 Å². The van der Waals surface area contributed by atoms with Crippen LogP contribution in [0.25, 0.3) is 11.3 Å². The fourth-order valence-electron chi connectivity index (χ4n) is 8.81. The van der Waals surface area contributed by atoms with Crippen LogP contribution in [0.3, 0.4) is 0 Å². The first-order valence-corrected chi connectivity index (χ1v) is 24.8. The second-order valence-electron chi connectivity index (χ2n) is 17.5. The van der Waals surface area contributed by atoms with Crippen molar-refractivity contribution in [3.63, 3.8) is 0 Å². The minimum atomic E-state index is -4.36. The number of hydrogen-bond acceptors (Lipinski definition) is 9. The third-order valence-corrected chi connectivity index (χ3v) is 15.6. The molecule has 3 atom stereocenters. The standard InChI is InChI=1S/C48H61ClF3N5OS3/c1-35(36-11-15-41(16-12-36)57-25-23-56(24-26-57)33-38-32-47(2,3)21-19-44(38)37-9-13-39(49)14-10-37)54-61-43-17-18-45(46(31-43)60-48(50,51)52)53-40(20-22-55-27-29-58-30-28-55)34-59-42-7-5-4-6-8-42/h4-16,31,40,43,45,53-54H,1,17-30,32-34H2,2-3H3. The van der Waals surface area contributed by atoms with Crippen molar-refractivity contribution in [1.29, 1.82) is 0 Å². The van der Waals surface area contributed by atoms with Gasteiger partial charge < -0.3 is 19.7 Å². The Labute approximate surface area is 379 Å². The molecule has 0 bridgehead atoms. The molecule has 2 fully saturated rings. The summed E-state index contributed by atoms with van der Waals surface area (Å²) in [6.45, 7) is 18.1. The van der Waals surface area contributed by atoms with Gasteiger partial charge in [-0.15, -0.1) is 11.8 Å². The molecule has 3 aromatic carbocycles. The van der Waals surface area contributed by atoms with Crippen LogP contribution in [0.15, 0.2) is 107 Å². The molecular weight excluding hydrogens is 851 g/mol. The normalized spacial score (nSPS) is 22.2. The summed E-state index contributed by atoms with van der Waals surface area (Å²) in [5, 5.41) is 4.35. The number of nitrogens with zero attached hydrogens (tertiary/aromatic N) is 3. The molecule has 2 aliphatic carbocycles. The average molecular weight is 913 g/mol. The van der Waals surface area contributed by atoms with E-state index in [1.165, 1.54) is 35.2 Å². The van der Waals surface area contributed by atoms with Crippen LogP contribution in [0.5, 0.6) is 0 Å². The number of rotatable bonds is 17. The molecule has 0 radical (unpaired) electrons. The third kappa shape index (κ3) is 14.2. The highest BCUT2D eigenvalue weighted by Gasteiger charge is 2.36. The molecular formula is C48H61ClF3N5OS3. The lowest BCUT2D eigenvalue weighted by atomic mass is 9.73. The van der Waals surface area contributed by atoms with Crippen molar-refractivity contribution in [2.45, 2.75) is 80.1 Å². The van der Waals surface area contributed by atoms with Crippen molar-refractivity contribution < 1.29 is 17.9 Å². The van der Waals surface area contributed by atoms with Gasteiger partial charge in [-0.05, 0) is 127 Å². The number of benzene rings is 3. The zero-order chi connectivity index (χ0) is 42.8. The number of ether oxygens (including phenoxy) is 1. The second-order valence-corrected chi connectivity index (χ2v) is 21.2. The molecule has 2 heterocycles. The van der Waals surface area contributed by atoms with E-state index in [1.807, 2.05) is 36.4 Å². The maximum absolute atomic E-state index is 14.0. The van der Waals surface area contributed by atoms with Crippen molar-refractivity contribution >= 4 is 64.0 Å². The zero-order valence-electron chi connectivity index (χ0n) is 35.5. The van der Waals surface area contributed by atoms with Gasteiger partial charge in [0.05, 0.1) is 13.2 Å². The van der Waals surface area contributed by atoms with Gasteiger partial charge in [-0.2, -0.15) is 13.2 Å². The van der Waals surface area contributed by atoms with Crippen molar-refractivity contribution in [3.8, 4) is 0 Å². The molecule has 0 amide bonds. The number of anilines is 1. The van der Waals surface area contributed by atoms with E-state index in [2.05, 4.69) is 93.7 Å². The number of nitrogens with one attached hydrogen (secondary N) is 2. The van der Waals surface area contributed by atoms with E-state index in [4.69, 9.17) is 16.3 Å². The summed E-state index contributed by atoms with van der Waals surface area (Å²) in [5.41, 5.74) is 3.22. The lowest BCUT2D eigenvalue weighted by Gasteiger charge is -2.39. The first kappa shape index (κ1) is 46.4. The zero-order valence-corrected chi connectivity index (χ0v) is 38.7. The van der Waals surface area contributed by atoms with Crippen LogP contribution in [0.1, 0.15) is 63.5 Å². The molecule has 0 saturated carbocycles. The van der Waals surface area contributed by atoms with Crippen LogP contribution >= 0.6 is 47.1 Å². The Kier molecular flexibility index (Phi) is 16.7. The van der Waals surface area contributed by atoms with Gasteiger partial charge in [0, 0.05) is 95.1 Å². The number of morpholine rings is 1. The van der Waals surface area contributed by atoms with E-state index in [-0.39, 0.29) is 29.1 Å². The molecule has 61 heavy (non-hydrogen) atoms. The topological polar surface area (TPSA) is 43.0 Å². The van der Waals surface area contributed by atoms with Gasteiger partial charge in [-0.3, -0.25) is 9.80 Å². The number of allylic oxidation sites excluding steroid dienone is 1. The SMILES string of the molecule is C=C(NSC1C=C(SC(F)(F)F)C(NC(CCN2CCOCC2)CSc2ccccc2)CC1)c1ccc(N2CCN(CC3=C(c4ccc(Cl)cc4)CCC(C)(C)C3)CC2)cc1. The summed E-state index contributed by atoms with van der Waals surface area (Å²) < 4.78 is 50.9. The van der Waals surface area contributed by atoms with Gasteiger partial charge in [0.25, 0.3) is 0 Å². The van der Waals surface area contributed by atoms with Crippen LogP contribution in [0.4, 0.5) is 18.9 Å². The van der Waals surface area contributed by atoms with E-state index in [0.717, 1.165) is 118 Å². The summed E-state index contributed by atoms with van der Waals surface area (Å²) >= 11 is 9.46. The number of hydrogen-bond donors (Lipinski definition) is 2. The van der Waals surface area contributed by atoms with Crippen LogP contribution < -0.4 is 14.9 Å². The molecule has 2 aliphatic heterocycles. The van der Waals surface area contributed by atoms with Gasteiger partial charge in [-0.25, -0.2) is 0 Å². The molecule has 3 aromatic rings. The molecule has 4 aliphatic rings. The van der Waals surface area contributed by atoms with Gasteiger partial charge in [-0.1, -0.05) is 86.1 Å². The maximum atomic E-state index is 14.0. The first-order chi connectivity index (χ1) is 29.4. The Hall–Kier alpha value is -2.55. The van der Waals surface area contributed by atoms with Crippen LogP contribution in [-0.2, 0) is 4.74 Å². The van der Waals surface area contributed by atoms with Crippen molar-refractivity contribution in [2.24, 2.45) is 5.41 Å². The highest BCUT2D eigenvalue weighted by molar-refractivity contribution is 8.04. The Bertz CT molecular complexity index is 1930. The molecule has 2 N–H and O–H groups in total. The summed E-state index contributed by atoms with van der Waals surface area (Å²) in [6.07, 6.45) is 7.49. The third-order valence-electron chi connectivity index (χ3n) is 12.3. The van der Waals surface area contributed by atoms with Gasteiger partial charge in [0.1, 0.15) is 0 Å². The summed E-state index contributed by atoms with van der Waals surface area (Å²) in [5.74, 6) is 0.785. The lowest BCUT2D eigenvalue weighted by molar-refractivity contribution is -0.0323. The Morgan fingerprint density at radius 1 is 0.918 bits per heavy atom. The maximum Gasteiger partial charge on any atom is 0.446 e. The first-order valence-electron chi connectivity index (χ1n) is 21.7. The number of alkyl halides is 3. The van der Waals surface area contributed by atoms with E-state index in [0.29, 0.717) is 16.7 Å². The molecule has 2 saturated heterocycles. The summed E-state index contributed by atoms with van der Waals surface area (Å²) in [7, 11) is 0. The van der Waals surface area contributed by atoms with Gasteiger partial charge >= 0.3 is 5.51 Å². The fourth-order valence-corrected chi connectivity index (χ4v) is 11.7. The smallest absolute Gasteiger partial charge is 0.379 e. The highest BCUT2D eigenvalue weighted by atomic mass is 35.5. The fraction of sp³-hybridized carbons (Fsp3) is 0.500. The molecule has 330 valence electrons. The predicted molar refractivity (Wildman–Crippen MR) is 255 cm³/mol.